The second-order valence-electron chi connectivity index (χ2n) is 4.48. The molecule has 0 amide bonds. The second kappa shape index (κ2) is 5.47. The molecule has 0 unspecified atom stereocenters. The predicted molar refractivity (Wildman–Crippen MR) is 73.5 cm³/mol. The molecular formula is C12H16N4O2S. The van der Waals surface area contributed by atoms with Gasteiger partial charge < -0.3 is 5.73 Å². The summed E-state index contributed by atoms with van der Waals surface area (Å²) in [6.45, 7) is 1.04. The molecule has 2 rings (SSSR count). The third-order valence-electron chi connectivity index (χ3n) is 3.06. The van der Waals surface area contributed by atoms with Crippen molar-refractivity contribution in [2.45, 2.75) is 19.3 Å². The zero-order valence-electron chi connectivity index (χ0n) is 10.5. The molecule has 0 bridgehead atoms. The summed E-state index contributed by atoms with van der Waals surface area (Å²) < 4.78 is 28.2. The van der Waals surface area contributed by atoms with Gasteiger partial charge in [-0.25, -0.2) is 0 Å². The molecule has 0 aromatic heterocycles. The van der Waals surface area contributed by atoms with Crippen LogP contribution >= 0.6 is 0 Å². The Balaban J connectivity index is 2.23. The second-order valence-corrected chi connectivity index (χ2v) is 6.15. The Morgan fingerprint density at radius 1 is 1.26 bits per heavy atom. The van der Waals surface area contributed by atoms with Crippen LogP contribution in [-0.4, -0.2) is 25.8 Å². The Hall–Kier alpha value is -1.78. The minimum Gasteiger partial charge on any atom is -0.399 e. The van der Waals surface area contributed by atoms with E-state index in [1.807, 2.05) is 6.07 Å². The summed E-state index contributed by atoms with van der Waals surface area (Å²) in [6.07, 6.45) is 2.79. The first-order chi connectivity index (χ1) is 9.03. The topological polar surface area (TPSA) is 99.2 Å². The molecule has 1 fully saturated rings. The largest absolute Gasteiger partial charge is 0.399 e. The molecule has 1 aromatic rings. The van der Waals surface area contributed by atoms with Crippen LogP contribution in [0.25, 0.3) is 0 Å². The van der Waals surface area contributed by atoms with Crippen LogP contribution in [0.5, 0.6) is 0 Å². The van der Waals surface area contributed by atoms with Crippen molar-refractivity contribution in [2.24, 2.45) is 0 Å². The number of hydrogen-bond acceptors (Lipinski definition) is 4. The first-order valence-corrected chi connectivity index (χ1v) is 7.54. The maximum atomic E-state index is 12.2. The van der Waals surface area contributed by atoms with Gasteiger partial charge in [-0.05, 0) is 31.0 Å². The maximum Gasteiger partial charge on any atom is 0.301 e. The lowest BCUT2D eigenvalue weighted by Crippen LogP contribution is -2.39. The Morgan fingerprint density at radius 2 is 1.95 bits per heavy atom. The van der Waals surface area contributed by atoms with E-state index < -0.39 is 10.2 Å². The molecule has 0 radical (unpaired) electrons. The van der Waals surface area contributed by atoms with E-state index in [4.69, 9.17) is 11.0 Å². The Kier molecular flexibility index (Phi) is 3.93. The molecule has 0 saturated carbocycles. The van der Waals surface area contributed by atoms with E-state index in [0.717, 1.165) is 19.3 Å². The highest BCUT2D eigenvalue weighted by atomic mass is 32.2. The summed E-state index contributed by atoms with van der Waals surface area (Å²) in [7, 11) is -3.59. The van der Waals surface area contributed by atoms with Gasteiger partial charge >= 0.3 is 10.2 Å². The van der Waals surface area contributed by atoms with E-state index in [0.29, 0.717) is 18.8 Å². The predicted octanol–water partition coefficient (Wildman–Crippen LogP) is 1.28. The highest BCUT2D eigenvalue weighted by Crippen LogP contribution is 2.21. The molecule has 0 aliphatic carbocycles. The van der Waals surface area contributed by atoms with E-state index in [2.05, 4.69) is 4.72 Å². The van der Waals surface area contributed by atoms with Crippen molar-refractivity contribution in [2.75, 3.05) is 23.5 Å². The Labute approximate surface area is 113 Å². The number of nitriles is 1. The minimum atomic E-state index is -3.59. The summed E-state index contributed by atoms with van der Waals surface area (Å²) in [5.74, 6) is 0. The van der Waals surface area contributed by atoms with Gasteiger partial charge in [0.05, 0.1) is 11.3 Å². The van der Waals surface area contributed by atoms with Gasteiger partial charge in [0.2, 0.25) is 0 Å². The average Bonchev–Trinajstić information content (AvgIpc) is 2.41. The van der Waals surface area contributed by atoms with E-state index in [-0.39, 0.29) is 11.3 Å². The standard InChI is InChI=1S/C12H16N4O2S/c13-9-10-8-11(14)4-5-12(10)15-19(17,18)16-6-2-1-3-7-16/h4-5,8,15H,1-3,6-7,14H2. The fourth-order valence-electron chi connectivity index (χ4n) is 2.05. The van der Waals surface area contributed by atoms with E-state index >= 15 is 0 Å². The van der Waals surface area contributed by atoms with Crippen LogP contribution in [0.4, 0.5) is 11.4 Å². The van der Waals surface area contributed by atoms with E-state index in [9.17, 15) is 8.42 Å². The number of nitrogens with two attached hydrogens (primary N) is 1. The minimum absolute atomic E-state index is 0.223. The van der Waals surface area contributed by atoms with E-state index in [1.54, 1.807) is 6.07 Å². The monoisotopic (exact) mass is 280 g/mol. The normalized spacial score (nSPS) is 16.8. The molecule has 19 heavy (non-hydrogen) atoms. The fraction of sp³-hybridized carbons (Fsp3) is 0.417. The van der Waals surface area contributed by atoms with Crippen molar-refractivity contribution < 1.29 is 8.42 Å². The summed E-state index contributed by atoms with van der Waals surface area (Å²) in [6, 6.07) is 6.46. The molecule has 1 saturated heterocycles. The summed E-state index contributed by atoms with van der Waals surface area (Å²) >= 11 is 0. The van der Waals surface area contributed by atoms with Gasteiger partial charge in [-0.15, -0.1) is 0 Å². The summed E-state index contributed by atoms with van der Waals surface area (Å²) in [5, 5.41) is 9.00. The molecule has 6 nitrogen and oxygen atoms in total. The van der Waals surface area contributed by atoms with Crippen LogP contribution in [0, 0.1) is 11.3 Å². The SMILES string of the molecule is N#Cc1cc(N)ccc1NS(=O)(=O)N1CCCCC1. The lowest BCUT2D eigenvalue weighted by molar-refractivity contribution is 0.349. The van der Waals surface area contributed by atoms with Gasteiger partial charge in [0.15, 0.2) is 0 Å². The highest BCUT2D eigenvalue weighted by molar-refractivity contribution is 7.90. The molecular weight excluding hydrogens is 264 g/mol. The van der Waals surface area contributed by atoms with Crippen molar-refractivity contribution in [3.63, 3.8) is 0 Å². The molecule has 1 aliphatic heterocycles. The third kappa shape index (κ3) is 3.16. The van der Waals surface area contributed by atoms with Crippen LogP contribution in [0.2, 0.25) is 0 Å². The molecule has 7 heteroatoms. The number of hydrogen-bond donors (Lipinski definition) is 2. The van der Waals surface area contributed by atoms with Crippen LogP contribution in [-0.2, 0) is 10.2 Å². The first-order valence-electron chi connectivity index (χ1n) is 6.10. The van der Waals surface area contributed by atoms with Crippen LogP contribution in [0.15, 0.2) is 18.2 Å². The van der Waals surface area contributed by atoms with Crippen molar-refractivity contribution in [3.8, 4) is 6.07 Å². The number of anilines is 2. The average molecular weight is 280 g/mol. The molecule has 0 spiro atoms. The van der Waals surface area contributed by atoms with Crippen LogP contribution in [0.3, 0.4) is 0 Å². The zero-order chi connectivity index (χ0) is 13.9. The number of rotatable bonds is 3. The fourth-order valence-corrected chi connectivity index (χ4v) is 3.38. The van der Waals surface area contributed by atoms with Crippen LogP contribution < -0.4 is 10.5 Å². The van der Waals surface area contributed by atoms with Gasteiger partial charge in [-0.3, -0.25) is 4.72 Å². The van der Waals surface area contributed by atoms with Crippen molar-refractivity contribution in [1.29, 1.82) is 5.26 Å². The van der Waals surface area contributed by atoms with Crippen molar-refractivity contribution in [1.82, 2.24) is 4.31 Å². The maximum absolute atomic E-state index is 12.2. The number of nitrogens with zero attached hydrogens (tertiary/aromatic N) is 2. The van der Waals surface area contributed by atoms with Gasteiger partial charge in [0, 0.05) is 18.8 Å². The lowest BCUT2D eigenvalue weighted by Gasteiger charge is -2.26. The molecule has 0 atom stereocenters. The van der Waals surface area contributed by atoms with Gasteiger partial charge in [-0.1, -0.05) is 6.42 Å². The molecule has 3 N–H and O–H groups in total. The lowest BCUT2D eigenvalue weighted by atomic mass is 10.2. The molecule has 1 aromatic carbocycles. The summed E-state index contributed by atoms with van der Waals surface area (Å²) in [5.41, 5.74) is 6.49. The third-order valence-corrected chi connectivity index (χ3v) is 4.58. The van der Waals surface area contributed by atoms with Crippen molar-refractivity contribution >= 4 is 21.6 Å². The summed E-state index contributed by atoms with van der Waals surface area (Å²) in [4.78, 5) is 0. The Morgan fingerprint density at radius 3 is 2.58 bits per heavy atom. The van der Waals surface area contributed by atoms with Gasteiger partial charge in [0.25, 0.3) is 0 Å². The number of nitrogen functional groups attached to an aromatic ring is 1. The quantitative estimate of drug-likeness (QED) is 0.815. The highest BCUT2D eigenvalue weighted by Gasteiger charge is 2.24. The molecule has 1 heterocycles. The van der Waals surface area contributed by atoms with Crippen molar-refractivity contribution in [3.05, 3.63) is 23.8 Å². The number of benzene rings is 1. The Bertz CT molecular complexity index is 601. The van der Waals surface area contributed by atoms with Gasteiger partial charge in [0.1, 0.15) is 6.07 Å². The number of nitrogens with one attached hydrogen (secondary N) is 1. The zero-order valence-corrected chi connectivity index (χ0v) is 11.3. The number of piperidine rings is 1. The molecule has 1 aliphatic rings. The van der Waals surface area contributed by atoms with E-state index in [1.165, 1.54) is 16.4 Å². The van der Waals surface area contributed by atoms with Crippen LogP contribution in [0.1, 0.15) is 24.8 Å². The molecule has 102 valence electrons. The smallest absolute Gasteiger partial charge is 0.301 e. The van der Waals surface area contributed by atoms with Gasteiger partial charge in [-0.2, -0.15) is 18.0 Å². The first kappa shape index (κ1) is 13.6.